The van der Waals surface area contributed by atoms with Crippen LogP contribution in [0.4, 0.5) is 15.9 Å². The third-order valence-electron chi connectivity index (χ3n) is 5.18. The van der Waals surface area contributed by atoms with Gasteiger partial charge in [0.2, 0.25) is 5.95 Å². The SMILES string of the molecule is CCNC(=O)Nc1nc2cc(-c3cnc(NC(C)(C)C(=O)OCC)nc3)cc(-c3ccccn3)c2s1. The summed E-state index contributed by atoms with van der Waals surface area (Å²) >= 11 is 1.38. The number of thiazole rings is 1. The quantitative estimate of drug-likeness (QED) is 0.294. The summed E-state index contributed by atoms with van der Waals surface area (Å²) in [6.07, 6.45) is 5.10. The normalized spacial score (nSPS) is 11.2. The Morgan fingerprint density at radius 2 is 1.83 bits per heavy atom. The maximum Gasteiger partial charge on any atom is 0.331 e. The van der Waals surface area contributed by atoms with Crippen LogP contribution in [0.2, 0.25) is 0 Å². The monoisotopic (exact) mass is 505 g/mol. The predicted octanol–water partition coefficient (Wildman–Crippen LogP) is 4.71. The molecule has 0 spiro atoms. The van der Waals surface area contributed by atoms with Crippen LogP contribution < -0.4 is 16.0 Å². The second-order valence-electron chi connectivity index (χ2n) is 8.36. The maximum absolute atomic E-state index is 12.2. The summed E-state index contributed by atoms with van der Waals surface area (Å²) in [6, 6.07) is 9.33. The molecule has 0 unspecified atom stereocenters. The number of benzene rings is 1. The number of nitrogens with zero attached hydrogens (tertiary/aromatic N) is 4. The molecular formula is C25H27N7O3S. The fraction of sp³-hybridized carbons (Fsp3) is 0.280. The molecule has 0 fully saturated rings. The van der Waals surface area contributed by atoms with Crippen LogP contribution in [0.15, 0.2) is 48.9 Å². The smallest absolute Gasteiger partial charge is 0.331 e. The average Bonchev–Trinajstić information content (AvgIpc) is 3.26. The van der Waals surface area contributed by atoms with E-state index in [-0.39, 0.29) is 12.0 Å². The van der Waals surface area contributed by atoms with Crippen molar-refractivity contribution in [2.45, 2.75) is 33.2 Å². The highest BCUT2D eigenvalue weighted by molar-refractivity contribution is 7.22. The van der Waals surface area contributed by atoms with Gasteiger partial charge in [-0.3, -0.25) is 10.3 Å². The van der Waals surface area contributed by atoms with Crippen molar-refractivity contribution in [2.75, 3.05) is 23.8 Å². The Morgan fingerprint density at radius 1 is 1.06 bits per heavy atom. The van der Waals surface area contributed by atoms with E-state index in [1.54, 1.807) is 39.4 Å². The molecule has 1 aromatic carbocycles. The van der Waals surface area contributed by atoms with Gasteiger partial charge < -0.3 is 15.4 Å². The molecule has 3 heterocycles. The number of carbonyl (C=O) groups is 2. The highest BCUT2D eigenvalue weighted by atomic mass is 32.1. The third-order valence-corrected chi connectivity index (χ3v) is 6.20. The molecule has 0 saturated heterocycles. The van der Waals surface area contributed by atoms with Crippen molar-refractivity contribution in [3.63, 3.8) is 0 Å². The summed E-state index contributed by atoms with van der Waals surface area (Å²) in [5.74, 6) is -0.0754. The van der Waals surface area contributed by atoms with Crippen molar-refractivity contribution >= 4 is 44.6 Å². The zero-order valence-electron chi connectivity index (χ0n) is 20.5. The van der Waals surface area contributed by atoms with Gasteiger partial charge in [-0.1, -0.05) is 17.4 Å². The van der Waals surface area contributed by atoms with Crippen LogP contribution in [0, 0.1) is 0 Å². The number of esters is 1. The minimum absolute atomic E-state index is 0.294. The molecule has 0 atom stereocenters. The molecule has 0 saturated carbocycles. The first-order valence-corrected chi connectivity index (χ1v) is 12.3. The number of pyridine rings is 1. The minimum atomic E-state index is -0.976. The molecular weight excluding hydrogens is 478 g/mol. The van der Waals surface area contributed by atoms with Gasteiger partial charge in [0.1, 0.15) is 5.54 Å². The fourth-order valence-corrected chi connectivity index (χ4v) is 4.41. The molecule has 10 nitrogen and oxygen atoms in total. The van der Waals surface area contributed by atoms with E-state index in [9.17, 15) is 9.59 Å². The molecule has 186 valence electrons. The minimum Gasteiger partial charge on any atom is -0.464 e. The summed E-state index contributed by atoms with van der Waals surface area (Å²) < 4.78 is 6.01. The van der Waals surface area contributed by atoms with Gasteiger partial charge in [0.05, 0.1) is 22.5 Å². The first-order valence-electron chi connectivity index (χ1n) is 11.5. The molecule has 36 heavy (non-hydrogen) atoms. The predicted molar refractivity (Wildman–Crippen MR) is 141 cm³/mol. The molecule has 0 aliphatic heterocycles. The number of nitrogens with one attached hydrogen (secondary N) is 3. The molecule has 4 rings (SSSR count). The molecule has 4 aromatic rings. The largest absolute Gasteiger partial charge is 0.464 e. The molecule has 11 heteroatoms. The van der Waals surface area contributed by atoms with Crippen molar-refractivity contribution in [2.24, 2.45) is 0 Å². The lowest BCUT2D eigenvalue weighted by molar-refractivity contribution is -0.147. The highest BCUT2D eigenvalue weighted by Gasteiger charge is 2.29. The summed E-state index contributed by atoms with van der Waals surface area (Å²) in [7, 11) is 0. The average molecular weight is 506 g/mol. The second-order valence-corrected chi connectivity index (χ2v) is 9.36. The maximum atomic E-state index is 12.2. The van der Waals surface area contributed by atoms with Crippen LogP contribution in [-0.4, -0.2) is 50.6 Å². The lowest BCUT2D eigenvalue weighted by atomic mass is 10.0. The topological polar surface area (TPSA) is 131 Å². The molecule has 3 N–H and O–H groups in total. The van der Waals surface area contributed by atoms with Crippen LogP contribution in [0.3, 0.4) is 0 Å². The van der Waals surface area contributed by atoms with E-state index in [2.05, 4.69) is 35.9 Å². The Morgan fingerprint density at radius 3 is 2.50 bits per heavy atom. The van der Waals surface area contributed by atoms with Crippen molar-refractivity contribution in [3.8, 4) is 22.4 Å². The molecule has 0 aliphatic rings. The number of hydrogen-bond acceptors (Lipinski definition) is 9. The van der Waals surface area contributed by atoms with Crippen LogP contribution in [0.25, 0.3) is 32.6 Å². The van der Waals surface area contributed by atoms with Crippen LogP contribution in [-0.2, 0) is 9.53 Å². The van der Waals surface area contributed by atoms with E-state index >= 15 is 0 Å². The van der Waals surface area contributed by atoms with Crippen LogP contribution >= 0.6 is 11.3 Å². The van der Waals surface area contributed by atoms with Gasteiger partial charge in [-0.05, 0) is 57.5 Å². The summed E-state index contributed by atoms with van der Waals surface area (Å²) in [5, 5.41) is 9.00. The van der Waals surface area contributed by atoms with Crippen molar-refractivity contribution in [3.05, 3.63) is 48.9 Å². The van der Waals surface area contributed by atoms with E-state index in [1.807, 2.05) is 37.3 Å². The molecule has 0 bridgehead atoms. The van der Waals surface area contributed by atoms with E-state index < -0.39 is 5.54 Å². The van der Waals surface area contributed by atoms with Gasteiger partial charge >= 0.3 is 12.0 Å². The number of aromatic nitrogens is 4. The number of fused-ring (bicyclic) bond motifs is 1. The van der Waals surface area contributed by atoms with Gasteiger partial charge in [-0.15, -0.1) is 0 Å². The summed E-state index contributed by atoms with van der Waals surface area (Å²) in [6.45, 7) is 7.85. The van der Waals surface area contributed by atoms with Crippen molar-refractivity contribution in [1.82, 2.24) is 25.3 Å². The number of anilines is 2. The van der Waals surface area contributed by atoms with Crippen LogP contribution in [0.1, 0.15) is 27.7 Å². The molecule has 0 radical (unpaired) electrons. The van der Waals surface area contributed by atoms with E-state index in [1.165, 1.54) is 11.3 Å². The zero-order chi connectivity index (χ0) is 25.7. The van der Waals surface area contributed by atoms with Crippen molar-refractivity contribution in [1.29, 1.82) is 0 Å². The fourth-order valence-electron chi connectivity index (χ4n) is 3.45. The summed E-state index contributed by atoms with van der Waals surface area (Å²) in [4.78, 5) is 42.1. The first kappa shape index (κ1) is 25.0. The number of hydrogen-bond donors (Lipinski definition) is 3. The van der Waals surface area contributed by atoms with Gasteiger partial charge in [-0.2, -0.15) is 0 Å². The number of ether oxygens (including phenoxy) is 1. The number of rotatable bonds is 8. The highest BCUT2D eigenvalue weighted by Crippen LogP contribution is 2.38. The Hall–Kier alpha value is -4.12. The van der Waals surface area contributed by atoms with E-state index in [0.717, 1.165) is 32.6 Å². The van der Waals surface area contributed by atoms with Crippen molar-refractivity contribution < 1.29 is 14.3 Å². The third kappa shape index (κ3) is 5.57. The standard InChI is InChI=1S/C25H27N7O3S/c1-5-26-23(34)31-24-30-19-12-15(11-17(20(19)36-24)18-9-7-8-10-27-18)16-13-28-22(29-14-16)32-25(3,4)21(33)35-6-2/h7-14H,5-6H2,1-4H3,(H,28,29,32)(H2,26,30,31,34). The van der Waals surface area contributed by atoms with Gasteiger partial charge in [0.25, 0.3) is 0 Å². The molecule has 3 aromatic heterocycles. The molecule has 2 amide bonds. The Bertz CT molecular complexity index is 1370. The lowest BCUT2D eigenvalue weighted by Gasteiger charge is -2.23. The van der Waals surface area contributed by atoms with Gasteiger partial charge in [0.15, 0.2) is 5.13 Å². The number of amides is 2. The summed E-state index contributed by atoms with van der Waals surface area (Å²) in [5.41, 5.74) is 3.02. The lowest BCUT2D eigenvalue weighted by Crippen LogP contribution is -2.42. The van der Waals surface area contributed by atoms with E-state index in [4.69, 9.17) is 4.74 Å². The molecule has 0 aliphatic carbocycles. The Kier molecular flexibility index (Phi) is 7.39. The van der Waals surface area contributed by atoms with Crippen LogP contribution in [0.5, 0.6) is 0 Å². The Balaban J connectivity index is 1.69. The van der Waals surface area contributed by atoms with Gasteiger partial charge in [-0.25, -0.2) is 24.5 Å². The van der Waals surface area contributed by atoms with Gasteiger partial charge in [0, 0.05) is 36.3 Å². The number of carbonyl (C=O) groups excluding carboxylic acids is 2. The first-order chi connectivity index (χ1) is 17.3. The number of urea groups is 1. The second kappa shape index (κ2) is 10.6. The van der Waals surface area contributed by atoms with E-state index in [0.29, 0.717) is 24.2 Å². The zero-order valence-corrected chi connectivity index (χ0v) is 21.3. The Labute approximate surface area is 212 Å².